The van der Waals surface area contributed by atoms with E-state index in [0.29, 0.717) is 11.3 Å². The predicted molar refractivity (Wildman–Crippen MR) is 69.0 cm³/mol. The maximum absolute atomic E-state index is 12.0. The van der Waals surface area contributed by atoms with Gasteiger partial charge in [-0.05, 0) is 13.0 Å². The summed E-state index contributed by atoms with van der Waals surface area (Å²) in [7, 11) is 1.72. The second kappa shape index (κ2) is 4.89. The molecule has 1 N–H and O–H groups in total. The fraction of sp³-hybridized carbons (Fsp3) is 0.167. The zero-order valence-electron chi connectivity index (χ0n) is 10.5. The molecule has 0 atom stereocenters. The van der Waals surface area contributed by atoms with E-state index < -0.39 is 10.8 Å². The van der Waals surface area contributed by atoms with Gasteiger partial charge < -0.3 is 5.32 Å². The molecule has 2 aromatic rings. The molecule has 19 heavy (non-hydrogen) atoms. The first-order valence-electron chi connectivity index (χ1n) is 5.54. The molecule has 1 aromatic heterocycles. The summed E-state index contributed by atoms with van der Waals surface area (Å²) in [6, 6.07) is 6.00. The number of benzene rings is 1. The van der Waals surface area contributed by atoms with Crippen molar-refractivity contribution in [3.63, 3.8) is 0 Å². The topological polar surface area (TPSA) is 90.1 Å². The average molecular weight is 260 g/mol. The first kappa shape index (κ1) is 12.7. The Labute approximate surface area is 109 Å². The molecular weight excluding hydrogens is 248 g/mol. The Morgan fingerprint density at radius 2 is 2.11 bits per heavy atom. The lowest BCUT2D eigenvalue weighted by Gasteiger charge is -2.05. The SMILES string of the molecule is Cc1c(C(=O)Nc2ccccc2[N+](=O)[O-])cnn1C. The van der Waals surface area contributed by atoms with Gasteiger partial charge in [-0.15, -0.1) is 0 Å². The summed E-state index contributed by atoms with van der Waals surface area (Å²) in [6.07, 6.45) is 1.43. The first-order chi connectivity index (χ1) is 9.00. The molecule has 1 heterocycles. The van der Waals surface area contributed by atoms with Crippen LogP contribution in [0.25, 0.3) is 0 Å². The lowest BCUT2D eigenvalue weighted by Crippen LogP contribution is -2.14. The van der Waals surface area contributed by atoms with Gasteiger partial charge in [-0.1, -0.05) is 12.1 Å². The minimum absolute atomic E-state index is 0.141. The predicted octanol–water partition coefficient (Wildman–Crippen LogP) is 1.89. The molecule has 0 fully saturated rings. The highest BCUT2D eigenvalue weighted by molar-refractivity contribution is 6.05. The molecule has 98 valence electrons. The van der Waals surface area contributed by atoms with Crippen molar-refractivity contribution in [2.75, 3.05) is 5.32 Å². The Balaban J connectivity index is 2.29. The molecule has 0 aliphatic heterocycles. The van der Waals surface area contributed by atoms with E-state index in [-0.39, 0.29) is 11.4 Å². The monoisotopic (exact) mass is 260 g/mol. The van der Waals surface area contributed by atoms with Gasteiger partial charge in [0, 0.05) is 18.8 Å². The fourth-order valence-electron chi connectivity index (χ4n) is 1.65. The van der Waals surface area contributed by atoms with Gasteiger partial charge in [-0.3, -0.25) is 19.6 Å². The first-order valence-corrected chi connectivity index (χ1v) is 5.54. The summed E-state index contributed by atoms with van der Waals surface area (Å²) in [5.41, 5.74) is 1.11. The van der Waals surface area contributed by atoms with Gasteiger partial charge in [0.05, 0.1) is 16.7 Å². The summed E-state index contributed by atoms with van der Waals surface area (Å²) in [5.74, 6) is -0.417. The van der Waals surface area contributed by atoms with E-state index in [1.165, 1.54) is 18.3 Å². The zero-order chi connectivity index (χ0) is 14.0. The highest BCUT2D eigenvalue weighted by Gasteiger charge is 2.18. The van der Waals surface area contributed by atoms with E-state index in [2.05, 4.69) is 10.4 Å². The number of aromatic nitrogens is 2. The van der Waals surface area contributed by atoms with Gasteiger partial charge in [0.15, 0.2) is 0 Å². The number of carbonyl (C=O) groups is 1. The summed E-state index contributed by atoms with van der Waals surface area (Å²) in [6.45, 7) is 1.75. The van der Waals surface area contributed by atoms with Crippen molar-refractivity contribution < 1.29 is 9.72 Å². The van der Waals surface area contributed by atoms with Crippen LogP contribution in [-0.4, -0.2) is 20.6 Å². The van der Waals surface area contributed by atoms with Gasteiger partial charge in [-0.2, -0.15) is 5.10 Å². The molecule has 0 radical (unpaired) electrons. The van der Waals surface area contributed by atoms with Gasteiger partial charge >= 0.3 is 0 Å². The van der Waals surface area contributed by atoms with Crippen molar-refractivity contribution in [1.82, 2.24) is 9.78 Å². The Morgan fingerprint density at radius 1 is 1.42 bits per heavy atom. The molecule has 0 unspecified atom stereocenters. The minimum atomic E-state index is -0.536. The number of nitro groups is 1. The van der Waals surface area contributed by atoms with Crippen LogP contribution in [0.3, 0.4) is 0 Å². The van der Waals surface area contributed by atoms with E-state index in [0.717, 1.165) is 0 Å². The van der Waals surface area contributed by atoms with Crippen LogP contribution < -0.4 is 5.32 Å². The van der Waals surface area contributed by atoms with Crippen LogP contribution in [0.1, 0.15) is 16.1 Å². The molecule has 0 aliphatic carbocycles. The van der Waals surface area contributed by atoms with Crippen LogP contribution in [0.5, 0.6) is 0 Å². The molecule has 1 aromatic carbocycles. The normalized spacial score (nSPS) is 10.2. The molecule has 0 saturated heterocycles. The van der Waals surface area contributed by atoms with E-state index in [9.17, 15) is 14.9 Å². The lowest BCUT2D eigenvalue weighted by molar-refractivity contribution is -0.383. The van der Waals surface area contributed by atoms with E-state index in [1.54, 1.807) is 30.8 Å². The highest BCUT2D eigenvalue weighted by atomic mass is 16.6. The van der Waals surface area contributed by atoms with Gasteiger partial charge in [-0.25, -0.2) is 0 Å². The number of nitrogens with one attached hydrogen (secondary N) is 1. The second-order valence-electron chi connectivity index (χ2n) is 4.00. The average Bonchev–Trinajstić information content (AvgIpc) is 2.70. The Morgan fingerprint density at radius 3 is 2.68 bits per heavy atom. The Hall–Kier alpha value is -2.70. The van der Waals surface area contributed by atoms with Crippen LogP contribution in [0.4, 0.5) is 11.4 Å². The standard InChI is InChI=1S/C12H12N4O3/c1-8-9(7-13-15(8)2)12(17)14-10-5-3-4-6-11(10)16(18)19/h3-7H,1-2H3,(H,14,17). The molecular formula is C12H12N4O3. The van der Waals surface area contributed by atoms with Crippen molar-refractivity contribution in [1.29, 1.82) is 0 Å². The molecule has 0 spiro atoms. The third-order valence-corrected chi connectivity index (χ3v) is 2.83. The van der Waals surface area contributed by atoms with Gasteiger partial charge in [0.1, 0.15) is 5.69 Å². The number of nitro benzene ring substituents is 1. The molecule has 0 saturated carbocycles. The summed E-state index contributed by atoms with van der Waals surface area (Å²) in [5, 5.41) is 17.3. The maximum atomic E-state index is 12.0. The maximum Gasteiger partial charge on any atom is 0.292 e. The molecule has 7 nitrogen and oxygen atoms in total. The zero-order valence-corrected chi connectivity index (χ0v) is 10.5. The van der Waals surface area contributed by atoms with E-state index in [1.807, 2.05) is 0 Å². The second-order valence-corrected chi connectivity index (χ2v) is 4.00. The molecule has 2 rings (SSSR count). The van der Waals surface area contributed by atoms with Crippen molar-refractivity contribution in [2.24, 2.45) is 7.05 Å². The quantitative estimate of drug-likeness (QED) is 0.674. The Kier molecular flexibility index (Phi) is 3.28. The molecule has 0 bridgehead atoms. The number of nitrogens with zero attached hydrogens (tertiary/aromatic N) is 3. The van der Waals surface area contributed by atoms with E-state index >= 15 is 0 Å². The number of anilines is 1. The molecule has 1 amide bonds. The number of rotatable bonds is 3. The van der Waals surface area contributed by atoms with E-state index in [4.69, 9.17) is 0 Å². The molecule has 0 aliphatic rings. The molecule has 7 heteroatoms. The van der Waals surface area contributed by atoms with Crippen LogP contribution in [0.2, 0.25) is 0 Å². The van der Waals surface area contributed by atoms with Crippen LogP contribution in [0.15, 0.2) is 30.5 Å². The Bertz CT molecular complexity index is 648. The minimum Gasteiger partial charge on any atom is -0.316 e. The number of hydrogen-bond donors (Lipinski definition) is 1. The fourth-order valence-corrected chi connectivity index (χ4v) is 1.65. The highest BCUT2D eigenvalue weighted by Crippen LogP contribution is 2.24. The third kappa shape index (κ3) is 2.44. The number of hydrogen-bond acceptors (Lipinski definition) is 4. The third-order valence-electron chi connectivity index (χ3n) is 2.83. The van der Waals surface area contributed by atoms with Gasteiger partial charge in [0.2, 0.25) is 0 Å². The van der Waals surface area contributed by atoms with Crippen molar-refractivity contribution >= 4 is 17.3 Å². The number of amides is 1. The number of aryl methyl sites for hydroxylation is 1. The number of para-hydroxylation sites is 2. The van der Waals surface area contributed by atoms with Crippen molar-refractivity contribution in [3.05, 3.63) is 51.8 Å². The summed E-state index contributed by atoms with van der Waals surface area (Å²) >= 11 is 0. The lowest BCUT2D eigenvalue weighted by atomic mass is 10.2. The van der Waals surface area contributed by atoms with Gasteiger partial charge in [0.25, 0.3) is 11.6 Å². The van der Waals surface area contributed by atoms with Crippen LogP contribution >= 0.6 is 0 Å². The van der Waals surface area contributed by atoms with Crippen LogP contribution in [-0.2, 0) is 7.05 Å². The smallest absolute Gasteiger partial charge is 0.292 e. The van der Waals surface area contributed by atoms with Crippen molar-refractivity contribution in [3.8, 4) is 0 Å². The number of carbonyl (C=O) groups excluding carboxylic acids is 1. The largest absolute Gasteiger partial charge is 0.316 e. The summed E-state index contributed by atoms with van der Waals surface area (Å²) in [4.78, 5) is 22.3. The van der Waals surface area contributed by atoms with Crippen molar-refractivity contribution in [2.45, 2.75) is 6.92 Å². The summed E-state index contributed by atoms with van der Waals surface area (Å²) < 4.78 is 1.56. The van der Waals surface area contributed by atoms with Crippen LogP contribution in [0, 0.1) is 17.0 Å².